The Kier molecular flexibility index (Phi) is 5.82. The number of carbonyl (C=O) groups is 1. The average Bonchev–Trinajstić information content (AvgIpc) is 2.79. The zero-order chi connectivity index (χ0) is 14.4. The van der Waals surface area contributed by atoms with Crippen molar-refractivity contribution in [2.75, 3.05) is 18.9 Å². The molecule has 3 N–H and O–H groups in total. The van der Waals surface area contributed by atoms with E-state index >= 15 is 0 Å². The van der Waals surface area contributed by atoms with Crippen LogP contribution >= 0.6 is 0 Å². The number of carbonyl (C=O) groups excluding carboxylic acids is 1. The van der Waals surface area contributed by atoms with Crippen LogP contribution in [0.2, 0.25) is 0 Å². The Morgan fingerprint density at radius 1 is 1.47 bits per heavy atom. The third-order valence-electron chi connectivity index (χ3n) is 3.30. The van der Waals surface area contributed by atoms with Crippen LogP contribution in [0.3, 0.4) is 0 Å². The van der Waals surface area contributed by atoms with E-state index in [9.17, 15) is 4.79 Å². The molecule has 0 aliphatic rings. The number of nitrogen functional groups attached to an aromatic ring is 1. The zero-order valence-electron chi connectivity index (χ0n) is 12.0. The maximum atomic E-state index is 12.5. The highest BCUT2D eigenvalue weighted by molar-refractivity contribution is 5.97. The minimum atomic E-state index is -0.201. The van der Waals surface area contributed by atoms with E-state index in [0.29, 0.717) is 18.8 Å². The van der Waals surface area contributed by atoms with Gasteiger partial charge in [0.1, 0.15) is 0 Å². The van der Waals surface area contributed by atoms with Gasteiger partial charge in [-0.3, -0.25) is 9.48 Å². The van der Waals surface area contributed by atoms with Crippen molar-refractivity contribution in [1.82, 2.24) is 14.7 Å². The van der Waals surface area contributed by atoms with Crippen molar-refractivity contribution in [3.8, 4) is 0 Å². The van der Waals surface area contributed by atoms with Crippen molar-refractivity contribution in [1.29, 1.82) is 0 Å². The number of rotatable bonds is 7. The fourth-order valence-corrected chi connectivity index (χ4v) is 2.19. The van der Waals surface area contributed by atoms with E-state index in [1.807, 2.05) is 20.8 Å². The van der Waals surface area contributed by atoms with Gasteiger partial charge in [-0.05, 0) is 19.8 Å². The highest BCUT2D eigenvalue weighted by Gasteiger charge is 2.25. The Hall–Kier alpha value is -1.56. The molecular formula is C13H24N4O2. The third kappa shape index (κ3) is 3.47. The Morgan fingerprint density at radius 3 is 2.53 bits per heavy atom. The molecule has 0 fully saturated rings. The second kappa shape index (κ2) is 7.13. The lowest BCUT2D eigenvalue weighted by Crippen LogP contribution is -2.42. The van der Waals surface area contributed by atoms with Crippen LogP contribution in [0.15, 0.2) is 6.20 Å². The summed E-state index contributed by atoms with van der Waals surface area (Å²) in [6.45, 7) is 6.91. The smallest absolute Gasteiger partial charge is 0.276 e. The quantitative estimate of drug-likeness (QED) is 0.775. The molecule has 1 aromatic heterocycles. The molecule has 0 spiro atoms. The summed E-state index contributed by atoms with van der Waals surface area (Å²) < 4.78 is 1.65. The minimum Gasteiger partial charge on any atom is -0.396 e. The zero-order valence-corrected chi connectivity index (χ0v) is 12.0. The van der Waals surface area contributed by atoms with Crippen LogP contribution in [-0.2, 0) is 6.54 Å². The number of aliphatic hydroxyl groups excluding tert-OH is 1. The van der Waals surface area contributed by atoms with Crippen molar-refractivity contribution in [2.45, 2.75) is 46.2 Å². The van der Waals surface area contributed by atoms with Crippen molar-refractivity contribution < 1.29 is 9.90 Å². The Morgan fingerprint density at radius 2 is 2.11 bits per heavy atom. The fraction of sp³-hybridized carbons (Fsp3) is 0.692. The van der Waals surface area contributed by atoms with E-state index in [-0.39, 0.29) is 24.2 Å². The van der Waals surface area contributed by atoms with Gasteiger partial charge in [-0.2, -0.15) is 5.10 Å². The highest BCUT2D eigenvalue weighted by Crippen LogP contribution is 2.16. The molecule has 0 atom stereocenters. The molecule has 1 rings (SSSR count). The molecule has 108 valence electrons. The van der Waals surface area contributed by atoms with E-state index in [1.165, 1.54) is 0 Å². The van der Waals surface area contributed by atoms with E-state index in [2.05, 4.69) is 5.10 Å². The number of hydrogen-bond donors (Lipinski definition) is 2. The molecule has 0 aromatic carbocycles. The number of aryl methyl sites for hydroxylation is 1. The number of anilines is 1. The lowest BCUT2D eigenvalue weighted by molar-refractivity contribution is 0.0616. The number of hydrogen-bond acceptors (Lipinski definition) is 4. The maximum absolute atomic E-state index is 12.5. The van der Waals surface area contributed by atoms with Gasteiger partial charge in [-0.15, -0.1) is 0 Å². The van der Waals surface area contributed by atoms with Crippen LogP contribution in [0.1, 0.15) is 44.1 Å². The van der Waals surface area contributed by atoms with Gasteiger partial charge in [0.25, 0.3) is 5.91 Å². The monoisotopic (exact) mass is 268 g/mol. The highest BCUT2D eigenvalue weighted by atomic mass is 16.3. The number of nitrogens with two attached hydrogens (primary N) is 1. The van der Waals surface area contributed by atoms with Crippen LogP contribution in [0, 0.1) is 0 Å². The van der Waals surface area contributed by atoms with Crippen molar-refractivity contribution in [2.24, 2.45) is 0 Å². The minimum absolute atomic E-state index is 0.0589. The maximum Gasteiger partial charge on any atom is 0.276 e. The Balaban J connectivity index is 3.00. The first-order valence-electron chi connectivity index (χ1n) is 6.83. The summed E-state index contributed by atoms with van der Waals surface area (Å²) in [7, 11) is 0. The van der Waals surface area contributed by atoms with Crippen molar-refractivity contribution >= 4 is 11.6 Å². The largest absolute Gasteiger partial charge is 0.396 e. The molecule has 1 amide bonds. The normalized spacial score (nSPS) is 11.0. The number of amides is 1. The molecule has 6 nitrogen and oxygen atoms in total. The lowest BCUT2D eigenvalue weighted by atomic mass is 10.1. The first kappa shape index (κ1) is 15.5. The van der Waals surface area contributed by atoms with E-state index in [1.54, 1.807) is 15.8 Å². The molecule has 19 heavy (non-hydrogen) atoms. The SMILES string of the molecule is CCC(CC)N(CCO)C(=O)c1nn(CC)cc1N. The van der Waals surface area contributed by atoms with Gasteiger partial charge in [0.05, 0.1) is 12.3 Å². The van der Waals surface area contributed by atoms with Crippen LogP contribution in [0.4, 0.5) is 5.69 Å². The second-order valence-electron chi connectivity index (χ2n) is 4.48. The van der Waals surface area contributed by atoms with E-state index in [4.69, 9.17) is 10.8 Å². The Labute approximate surface area is 114 Å². The summed E-state index contributed by atoms with van der Waals surface area (Å²) in [5.41, 5.74) is 6.51. The molecule has 1 heterocycles. The summed E-state index contributed by atoms with van der Waals surface area (Å²) in [5.74, 6) is -0.201. The van der Waals surface area contributed by atoms with E-state index in [0.717, 1.165) is 12.8 Å². The molecule has 1 aromatic rings. The topological polar surface area (TPSA) is 84.4 Å². The van der Waals surface area contributed by atoms with Crippen LogP contribution in [-0.4, -0.2) is 44.9 Å². The summed E-state index contributed by atoms with van der Waals surface area (Å²) in [4.78, 5) is 14.2. The summed E-state index contributed by atoms with van der Waals surface area (Å²) in [6.07, 6.45) is 3.35. The van der Waals surface area contributed by atoms with Crippen molar-refractivity contribution in [3.05, 3.63) is 11.9 Å². The van der Waals surface area contributed by atoms with Gasteiger partial charge >= 0.3 is 0 Å². The molecule has 0 radical (unpaired) electrons. The number of aromatic nitrogens is 2. The van der Waals surface area contributed by atoms with Crippen molar-refractivity contribution in [3.63, 3.8) is 0 Å². The van der Waals surface area contributed by atoms with Gasteiger partial charge in [-0.25, -0.2) is 0 Å². The molecule has 6 heteroatoms. The number of nitrogens with zero attached hydrogens (tertiary/aromatic N) is 3. The van der Waals surface area contributed by atoms with Crippen LogP contribution in [0.25, 0.3) is 0 Å². The van der Waals surface area contributed by atoms with Gasteiger partial charge in [0.15, 0.2) is 5.69 Å². The molecule has 0 aliphatic heterocycles. The molecule has 0 saturated heterocycles. The standard InChI is InChI=1S/C13H24N4O2/c1-4-10(5-2)17(7-8-18)13(19)12-11(14)9-16(6-3)15-12/h9-10,18H,4-8,14H2,1-3H3. The van der Waals surface area contributed by atoms with Gasteiger partial charge < -0.3 is 15.7 Å². The molecule has 0 aliphatic carbocycles. The molecule has 0 saturated carbocycles. The first-order valence-corrected chi connectivity index (χ1v) is 6.83. The fourth-order valence-electron chi connectivity index (χ4n) is 2.19. The van der Waals surface area contributed by atoms with Gasteiger partial charge in [-0.1, -0.05) is 13.8 Å². The third-order valence-corrected chi connectivity index (χ3v) is 3.30. The number of aliphatic hydroxyl groups is 1. The first-order chi connectivity index (χ1) is 9.08. The summed E-state index contributed by atoms with van der Waals surface area (Å²) >= 11 is 0. The summed E-state index contributed by atoms with van der Waals surface area (Å²) in [6, 6.07) is 0.103. The molecule has 0 bridgehead atoms. The summed E-state index contributed by atoms with van der Waals surface area (Å²) in [5, 5.41) is 13.3. The Bertz CT molecular complexity index is 413. The molecular weight excluding hydrogens is 244 g/mol. The second-order valence-corrected chi connectivity index (χ2v) is 4.48. The lowest BCUT2D eigenvalue weighted by Gasteiger charge is -2.29. The average molecular weight is 268 g/mol. The van der Waals surface area contributed by atoms with Crippen LogP contribution < -0.4 is 5.73 Å². The molecule has 0 unspecified atom stereocenters. The predicted octanol–water partition coefficient (Wildman–Crippen LogP) is 1.11. The van der Waals surface area contributed by atoms with Gasteiger partial charge in [0.2, 0.25) is 0 Å². The van der Waals surface area contributed by atoms with Crippen LogP contribution in [0.5, 0.6) is 0 Å². The van der Waals surface area contributed by atoms with Gasteiger partial charge in [0, 0.05) is 25.3 Å². The van der Waals surface area contributed by atoms with E-state index < -0.39 is 0 Å². The predicted molar refractivity (Wildman–Crippen MR) is 74.8 cm³/mol.